The van der Waals surface area contributed by atoms with Crippen LogP contribution in [0, 0.1) is 5.41 Å². The summed E-state index contributed by atoms with van der Waals surface area (Å²) in [5.74, 6) is 1.85. The Hall–Kier alpha value is -2.03. The second-order valence-electron chi connectivity index (χ2n) is 5.69. The van der Waals surface area contributed by atoms with E-state index in [1.807, 2.05) is 24.3 Å². The molecule has 3 heteroatoms. The quantitative estimate of drug-likeness (QED) is 0.772. The summed E-state index contributed by atoms with van der Waals surface area (Å²) in [5, 5.41) is 0. The van der Waals surface area contributed by atoms with Crippen LogP contribution in [0.15, 0.2) is 40.8 Å². The zero-order chi connectivity index (χ0) is 13.9. The van der Waals surface area contributed by atoms with Gasteiger partial charge in [0.15, 0.2) is 12.0 Å². The van der Waals surface area contributed by atoms with Gasteiger partial charge in [-0.25, -0.2) is 0 Å². The molecule has 1 heterocycles. The van der Waals surface area contributed by atoms with Gasteiger partial charge in [-0.1, -0.05) is 20.8 Å². The fourth-order valence-corrected chi connectivity index (χ4v) is 1.59. The van der Waals surface area contributed by atoms with Gasteiger partial charge < -0.3 is 9.15 Å². The van der Waals surface area contributed by atoms with Crippen LogP contribution in [0.2, 0.25) is 0 Å². The van der Waals surface area contributed by atoms with E-state index < -0.39 is 0 Å². The third-order valence-corrected chi connectivity index (χ3v) is 2.55. The van der Waals surface area contributed by atoms with Gasteiger partial charge in [0, 0.05) is 5.56 Å². The van der Waals surface area contributed by atoms with Gasteiger partial charge in [0.2, 0.25) is 0 Å². The molecule has 1 aromatic heterocycles. The number of ether oxygens (including phenoxy) is 1. The Morgan fingerprint density at radius 1 is 1.11 bits per heavy atom. The molecule has 0 saturated heterocycles. The molecule has 0 radical (unpaired) electrons. The van der Waals surface area contributed by atoms with Crippen LogP contribution in [0.25, 0.3) is 11.3 Å². The van der Waals surface area contributed by atoms with Crippen LogP contribution >= 0.6 is 0 Å². The molecule has 0 bridgehead atoms. The Bertz CT molecular complexity index is 544. The summed E-state index contributed by atoms with van der Waals surface area (Å²) in [5.41, 5.74) is 1.06. The first kappa shape index (κ1) is 13.4. The molecule has 0 aliphatic carbocycles. The van der Waals surface area contributed by atoms with E-state index in [9.17, 15) is 4.79 Å². The number of aldehydes is 1. The largest absolute Gasteiger partial charge is 0.493 e. The van der Waals surface area contributed by atoms with Crippen molar-refractivity contribution in [3.05, 3.63) is 42.2 Å². The Morgan fingerprint density at radius 3 is 2.32 bits per heavy atom. The van der Waals surface area contributed by atoms with Gasteiger partial charge in [-0.3, -0.25) is 4.79 Å². The van der Waals surface area contributed by atoms with Crippen LogP contribution in [0.5, 0.6) is 5.75 Å². The first-order valence-electron chi connectivity index (χ1n) is 6.26. The standard InChI is InChI=1S/C16H18O3/c1-16(2,3)11-18-13-6-4-12(5-7-13)15-9-8-14(10-17)19-15/h4-10H,11H2,1-3H3. The summed E-state index contributed by atoms with van der Waals surface area (Å²) in [4.78, 5) is 10.6. The number of carbonyl (C=O) groups is 1. The Balaban J connectivity index is 2.07. The van der Waals surface area contributed by atoms with Crippen molar-refractivity contribution in [1.29, 1.82) is 0 Å². The SMILES string of the molecule is CC(C)(C)COc1ccc(-c2ccc(C=O)o2)cc1. The predicted octanol–water partition coefficient (Wildman–Crippen LogP) is 4.18. The van der Waals surface area contributed by atoms with Crippen molar-refractivity contribution in [2.45, 2.75) is 20.8 Å². The Labute approximate surface area is 113 Å². The molecule has 0 N–H and O–H groups in total. The summed E-state index contributed by atoms with van der Waals surface area (Å²) in [7, 11) is 0. The first-order valence-corrected chi connectivity index (χ1v) is 6.26. The van der Waals surface area contributed by atoms with Crippen molar-refractivity contribution in [2.75, 3.05) is 6.61 Å². The van der Waals surface area contributed by atoms with Crippen molar-refractivity contribution in [2.24, 2.45) is 5.41 Å². The van der Waals surface area contributed by atoms with Crippen molar-refractivity contribution >= 4 is 6.29 Å². The zero-order valence-corrected chi connectivity index (χ0v) is 11.5. The third kappa shape index (κ3) is 3.71. The van der Waals surface area contributed by atoms with Crippen LogP contribution < -0.4 is 4.74 Å². The molecule has 0 spiro atoms. The maximum absolute atomic E-state index is 10.6. The van der Waals surface area contributed by atoms with Gasteiger partial charge in [-0.2, -0.15) is 0 Å². The van der Waals surface area contributed by atoms with E-state index in [2.05, 4.69) is 20.8 Å². The summed E-state index contributed by atoms with van der Waals surface area (Å²) < 4.78 is 11.1. The molecular weight excluding hydrogens is 240 g/mol. The highest BCUT2D eigenvalue weighted by Gasteiger charge is 2.11. The smallest absolute Gasteiger partial charge is 0.185 e. The third-order valence-electron chi connectivity index (χ3n) is 2.55. The Kier molecular flexibility index (Phi) is 3.74. The molecule has 2 aromatic rings. The molecule has 3 nitrogen and oxygen atoms in total. The second-order valence-corrected chi connectivity index (χ2v) is 5.69. The van der Waals surface area contributed by atoms with Gasteiger partial charge in [-0.15, -0.1) is 0 Å². The minimum absolute atomic E-state index is 0.137. The molecule has 0 amide bonds. The second kappa shape index (κ2) is 5.31. The summed E-state index contributed by atoms with van der Waals surface area (Å²) in [6.07, 6.45) is 0.699. The van der Waals surface area contributed by atoms with Crippen LogP contribution in [0.4, 0.5) is 0 Å². The average molecular weight is 258 g/mol. The first-order chi connectivity index (χ1) is 8.98. The van der Waals surface area contributed by atoms with Crippen molar-refractivity contribution in [3.8, 4) is 17.1 Å². The van der Waals surface area contributed by atoms with Crippen molar-refractivity contribution < 1.29 is 13.9 Å². The Morgan fingerprint density at radius 2 is 1.79 bits per heavy atom. The van der Waals surface area contributed by atoms with Gasteiger partial charge in [0.25, 0.3) is 0 Å². The highest BCUT2D eigenvalue weighted by Crippen LogP contribution is 2.25. The van der Waals surface area contributed by atoms with Crippen LogP contribution in [0.1, 0.15) is 31.3 Å². The van der Waals surface area contributed by atoms with E-state index in [1.54, 1.807) is 12.1 Å². The van der Waals surface area contributed by atoms with Crippen LogP contribution in [-0.2, 0) is 0 Å². The van der Waals surface area contributed by atoms with E-state index in [1.165, 1.54) is 0 Å². The maximum Gasteiger partial charge on any atom is 0.185 e. The molecule has 19 heavy (non-hydrogen) atoms. The lowest BCUT2D eigenvalue weighted by Gasteiger charge is -2.18. The molecule has 0 atom stereocenters. The number of carbonyl (C=O) groups excluding carboxylic acids is 1. The topological polar surface area (TPSA) is 39.4 Å². The molecule has 0 aliphatic heterocycles. The minimum Gasteiger partial charge on any atom is -0.493 e. The van der Waals surface area contributed by atoms with Crippen LogP contribution in [-0.4, -0.2) is 12.9 Å². The zero-order valence-electron chi connectivity index (χ0n) is 11.5. The van der Waals surface area contributed by atoms with Gasteiger partial charge in [0.05, 0.1) is 6.61 Å². The van der Waals surface area contributed by atoms with E-state index in [-0.39, 0.29) is 5.41 Å². The van der Waals surface area contributed by atoms with Gasteiger partial charge in [-0.05, 0) is 41.8 Å². The molecular formula is C16H18O3. The van der Waals surface area contributed by atoms with E-state index in [0.29, 0.717) is 24.4 Å². The molecule has 0 aliphatic rings. The number of rotatable bonds is 4. The molecule has 0 fully saturated rings. The summed E-state index contributed by atoms with van der Waals surface area (Å²) >= 11 is 0. The lowest BCUT2D eigenvalue weighted by atomic mass is 9.99. The molecule has 0 unspecified atom stereocenters. The fourth-order valence-electron chi connectivity index (χ4n) is 1.59. The molecule has 1 aromatic carbocycles. The fraction of sp³-hybridized carbons (Fsp3) is 0.312. The average Bonchev–Trinajstić information content (AvgIpc) is 2.85. The predicted molar refractivity (Wildman–Crippen MR) is 74.5 cm³/mol. The van der Waals surface area contributed by atoms with Gasteiger partial charge in [0.1, 0.15) is 11.5 Å². The lowest BCUT2D eigenvalue weighted by molar-refractivity contribution is 0.110. The molecule has 2 rings (SSSR count). The highest BCUT2D eigenvalue weighted by atomic mass is 16.5. The highest BCUT2D eigenvalue weighted by molar-refractivity contribution is 5.72. The molecule has 100 valence electrons. The van der Waals surface area contributed by atoms with Crippen molar-refractivity contribution in [1.82, 2.24) is 0 Å². The monoisotopic (exact) mass is 258 g/mol. The molecule has 0 saturated carbocycles. The number of benzene rings is 1. The van der Waals surface area contributed by atoms with Crippen LogP contribution in [0.3, 0.4) is 0 Å². The minimum atomic E-state index is 0.137. The van der Waals surface area contributed by atoms with Crippen molar-refractivity contribution in [3.63, 3.8) is 0 Å². The maximum atomic E-state index is 10.6. The number of hydrogen-bond donors (Lipinski definition) is 0. The summed E-state index contributed by atoms with van der Waals surface area (Å²) in [6.45, 7) is 7.06. The lowest BCUT2D eigenvalue weighted by Crippen LogP contribution is -2.16. The van der Waals surface area contributed by atoms with E-state index in [0.717, 1.165) is 11.3 Å². The van der Waals surface area contributed by atoms with Gasteiger partial charge >= 0.3 is 0 Å². The number of furan rings is 1. The summed E-state index contributed by atoms with van der Waals surface area (Å²) in [6, 6.07) is 11.1. The van der Waals surface area contributed by atoms with E-state index >= 15 is 0 Å². The number of hydrogen-bond acceptors (Lipinski definition) is 3. The van der Waals surface area contributed by atoms with E-state index in [4.69, 9.17) is 9.15 Å². The normalized spacial score (nSPS) is 11.3.